The van der Waals surface area contributed by atoms with E-state index in [0.717, 1.165) is 25.9 Å². The molecule has 1 saturated heterocycles. The highest BCUT2D eigenvalue weighted by Crippen LogP contribution is 2.44. The van der Waals surface area contributed by atoms with E-state index in [9.17, 15) is 10.1 Å². The lowest BCUT2D eigenvalue weighted by atomic mass is 10.0. The Morgan fingerprint density at radius 1 is 1.28 bits per heavy atom. The maximum Gasteiger partial charge on any atom is 0.273 e. The van der Waals surface area contributed by atoms with E-state index < -0.39 is 10.7 Å². The Morgan fingerprint density at radius 2 is 1.94 bits per heavy atom. The highest BCUT2D eigenvalue weighted by atomic mass is 16.7. The summed E-state index contributed by atoms with van der Waals surface area (Å²) >= 11 is 0. The molecular formula is C12H14N2O4. The van der Waals surface area contributed by atoms with Gasteiger partial charge in [-0.05, 0) is 13.1 Å². The quantitative estimate of drug-likeness (QED) is 0.561. The van der Waals surface area contributed by atoms with Crippen LogP contribution in [0.3, 0.4) is 0 Å². The average Bonchev–Trinajstić information content (AvgIpc) is 2.70. The van der Waals surface area contributed by atoms with E-state index in [4.69, 9.17) is 9.47 Å². The lowest BCUT2D eigenvalue weighted by molar-refractivity contribution is -0.384. The fourth-order valence-electron chi connectivity index (χ4n) is 2.36. The van der Waals surface area contributed by atoms with E-state index in [1.807, 2.05) is 0 Å². The SMILES string of the molecule is CN1CCC2(CC1)Oc1ccc([N+](=O)[O-])cc1O2. The third kappa shape index (κ3) is 1.78. The molecule has 1 aromatic carbocycles. The van der Waals surface area contributed by atoms with Gasteiger partial charge in [0.25, 0.3) is 11.5 Å². The molecule has 1 aromatic rings. The summed E-state index contributed by atoms with van der Waals surface area (Å²) < 4.78 is 11.7. The van der Waals surface area contributed by atoms with Crippen LogP contribution in [-0.4, -0.2) is 35.7 Å². The molecule has 1 fully saturated rings. The van der Waals surface area contributed by atoms with Crippen molar-refractivity contribution in [1.82, 2.24) is 4.90 Å². The van der Waals surface area contributed by atoms with Gasteiger partial charge in [-0.3, -0.25) is 10.1 Å². The van der Waals surface area contributed by atoms with Gasteiger partial charge in [0.15, 0.2) is 11.5 Å². The number of nitro benzene ring substituents is 1. The van der Waals surface area contributed by atoms with Crippen molar-refractivity contribution in [2.75, 3.05) is 20.1 Å². The van der Waals surface area contributed by atoms with Crippen LogP contribution in [0.4, 0.5) is 5.69 Å². The largest absolute Gasteiger partial charge is 0.448 e. The fraction of sp³-hybridized carbons (Fsp3) is 0.500. The van der Waals surface area contributed by atoms with Crippen molar-refractivity contribution in [3.05, 3.63) is 28.3 Å². The van der Waals surface area contributed by atoms with Gasteiger partial charge in [0, 0.05) is 32.0 Å². The van der Waals surface area contributed by atoms with Crippen molar-refractivity contribution >= 4 is 5.69 Å². The number of ether oxygens (including phenoxy) is 2. The standard InChI is InChI=1S/C12H14N2O4/c1-13-6-4-12(5-7-13)17-10-3-2-9(14(15)16)8-11(10)18-12/h2-3,8H,4-7H2,1H3. The fourth-order valence-corrected chi connectivity index (χ4v) is 2.36. The predicted octanol–water partition coefficient (Wildman–Crippen LogP) is 1.79. The molecule has 6 heteroatoms. The number of nitrogens with zero attached hydrogens (tertiary/aromatic N) is 2. The molecular weight excluding hydrogens is 236 g/mol. The molecule has 18 heavy (non-hydrogen) atoms. The van der Waals surface area contributed by atoms with E-state index in [0.29, 0.717) is 11.5 Å². The van der Waals surface area contributed by atoms with E-state index in [-0.39, 0.29) is 5.69 Å². The number of benzene rings is 1. The Labute approximate surface area is 104 Å². The van der Waals surface area contributed by atoms with Crippen molar-refractivity contribution in [2.24, 2.45) is 0 Å². The van der Waals surface area contributed by atoms with Crippen molar-refractivity contribution in [2.45, 2.75) is 18.6 Å². The molecule has 0 unspecified atom stereocenters. The molecule has 0 N–H and O–H groups in total. The van der Waals surface area contributed by atoms with Crippen LogP contribution in [0.2, 0.25) is 0 Å². The van der Waals surface area contributed by atoms with E-state index in [1.54, 1.807) is 6.07 Å². The van der Waals surface area contributed by atoms with Crippen LogP contribution >= 0.6 is 0 Å². The Balaban J connectivity index is 1.85. The normalized spacial score (nSPS) is 21.2. The first-order valence-corrected chi connectivity index (χ1v) is 5.93. The zero-order valence-electron chi connectivity index (χ0n) is 10.1. The second kappa shape index (κ2) is 3.84. The van der Waals surface area contributed by atoms with Crippen molar-refractivity contribution in [3.63, 3.8) is 0 Å². The van der Waals surface area contributed by atoms with Gasteiger partial charge in [-0.25, -0.2) is 0 Å². The molecule has 0 saturated carbocycles. The van der Waals surface area contributed by atoms with Crippen LogP contribution in [0.5, 0.6) is 11.5 Å². The molecule has 0 aliphatic carbocycles. The number of hydrogen-bond acceptors (Lipinski definition) is 5. The third-order valence-electron chi connectivity index (χ3n) is 3.48. The van der Waals surface area contributed by atoms with Crippen LogP contribution in [0.1, 0.15) is 12.8 Å². The van der Waals surface area contributed by atoms with Gasteiger partial charge >= 0.3 is 0 Å². The molecule has 0 radical (unpaired) electrons. The zero-order valence-corrected chi connectivity index (χ0v) is 10.1. The van der Waals surface area contributed by atoms with Crippen LogP contribution in [-0.2, 0) is 0 Å². The number of nitro groups is 1. The van der Waals surface area contributed by atoms with Gasteiger partial charge < -0.3 is 14.4 Å². The Kier molecular flexibility index (Phi) is 2.41. The van der Waals surface area contributed by atoms with Gasteiger partial charge in [0.05, 0.1) is 11.0 Å². The monoisotopic (exact) mass is 250 g/mol. The van der Waals surface area contributed by atoms with E-state index in [1.165, 1.54) is 12.1 Å². The first-order valence-electron chi connectivity index (χ1n) is 5.93. The molecule has 0 aromatic heterocycles. The smallest absolute Gasteiger partial charge is 0.273 e. The first-order chi connectivity index (χ1) is 8.58. The van der Waals surface area contributed by atoms with Gasteiger partial charge in [-0.2, -0.15) is 0 Å². The minimum absolute atomic E-state index is 0.0299. The molecule has 96 valence electrons. The highest BCUT2D eigenvalue weighted by molar-refractivity contribution is 5.50. The summed E-state index contributed by atoms with van der Waals surface area (Å²) in [5.74, 6) is 0.461. The second-order valence-electron chi connectivity index (χ2n) is 4.81. The molecule has 0 bridgehead atoms. The van der Waals surface area contributed by atoms with Crippen LogP contribution in [0.15, 0.2) is 18.2 Å². The molecule has 6 nitrogen and oxygen atoms in total. The molecule has 2 aliphatic heterocycles. The number of likely N-dealkylation sites (tertiary alicyclic amines) is 1. The number of rotatable bonds is 1. The number of hydrogen-bond donors (Lipinski definition) is 0. The summed E-state index contributed by atoms with van der Waals surface area (Å²) in [7, 11) is 2.06. The molecule has 1 spiro atoms. The molecule has 2 heterocycles. The van der Waals surface area contributed by atoms with Crippen molar-refractivity contribution in [3.8, 4) is 11.5 Å². The minimum atomic E-state index is -0.621. The second-order valence-corrected chi connectivity index (χ2v) is 4.81. The van der Waals surface area contributed by atoms with Crippen LogP contribution < -0.4 is 9.47 Å². The average molecular weight is 250 g/mol. The summed E-state index contributed by atoms with van der Waals surface area (Å²) in [6.45, 7) is 1.80. The lowest BCUT2D eigenvalue weighted by Crippen LogP contribution is -2.48. The number of fused-ring (bicyclic) bond motifs is 1. The maximum absolute atomic E-state index is 10.7. The third-order valence-corrected chi connectivity index (χ3v) is 3.48. The minimum Gasteiger partial charge on any atom is -0.448 e. The molecule has 2 aliphatic rings. The summed E-state index contributed by atoms with van der Waals surface area (Å²) in [6.07, 6.45) is 1.54. The van der Waals surface area contributed by atoms with Gasteiger partial charge in [0.2, 0.25) is 0 Å². The maximum atomic E-state index is 10.7. The van der Waals surface area contributed by atoms with E-state index >= 15 is 0 Å². The summed E-state index contributed by atoms with van der Waals surface area (Å²) in [6, 6.07) is 4.49. The first kappa shape index (κ1) is 11.3. The van der Waals surface area contributed by atoms with Crippen molar-refractivity contribution in [1.29, 1.82) is 0 Å². The predicted molar refractivity (Wildman–Crippen MR) is 63.8 cm³/mol. The van der Waals surface area contributed by atoms with Crippen LogP contribution in [0.25, 0.3) is 0 Å². The highest BCUT2D eigenvalue weighted by Gasteiger charge is 2.44. The molecule has 0 atom stereocenters. The zero-order chi connectivity index (χ0) is 12.8. The lowest BCUT2D eigenvalue weighted by Gasteiger charge is -2.35. The Hall–Kier alpha value is -1.82. The number of piperidine rings is 1. The van der Waals surface area contributed by atoms with Gasteiger partial charge in [-0.15, -0.1) is 0 Å². The number of non-ortho nitro benzene ring substituents is 1. The van der Waals surface area contributed by atoms with Gasteiger partial charge in [0.1, 0.15) is 0 Å². The summed E-state index contributed by atoms with van der Waals surface area (Å²) in [4.78, 5) is 12.5. The van der Waals surface area contributed by atoms with Gasteiger partial charge in [-0.1, -0.05) is 0 Å². The summed E-state index contributed by atoms with van der Waals surface area (Å²) in [5.41, 5.74) is 0.0299. The summed E-state index contributed by atoms with van der Waals surface area (Å²) in [5, 5.41) is 10.7. The van der Waals surface area contributed by atoms with Crippen LogP contribution in [0, 0.1) is 10.1 Å². The molecule has 3 rings (SSSR count). The Morgan fingerprint density at radius 3 is 2.61 bits per heavy atom. The molecule has 0 amide bonds. The van der Waals surface area contributed by atoms with Crippen molar-refractivity contribution < 1.29 is 14.4 Å². The van der Waals surface area contributed by atoms with E-state index in [2.05, 4.69) is 11.9 Å². The topological polar surface area (TPSA) is 64.8 Å². The Bertz CT molecular complexity index is 495.